The smallest absolute Gasteiger partial charge is 0.306 e. The molecule has 0 bridgehead atoms. The SMILES string of the molecule is CCCCCCCC/C=C\CCCCCCCC(=O)OC[C@@H](COC(=O)CCCCCCCCCCCCC)OC(=O)CCCCCCCCCCCCCCC. The lowest BCUT2D eigenvalue weighted by Crippen LogP contribution is -2.30. The van der Waals surface area contributed by atoms with Crippen molar-refractivity contribution in [3.05, 3.63) is 12.2 Å². The summed E-state index contributed by atoms with van der Waals surface area (Å²) in [7, 11) is 0. The molecule has 0 aliphatic heterocycles. The first-order chi connectivity index (χ1) is 28.0. The lowest BCUT2D eigenvalue weighted by atomic mass is 10.0. The van der Waals surface area contributed by atoms with E-state index in [1.165, 1.54) is 173 Å². The highest BCUT2D eigenvalue weighted by atomic mass is 16.6. The van der Waals surface area contributed by atoms with Gasteiger partial charge in [0.25, 0.3) is 0 Å². The first kappa shape index (κ1) is 55.2. The monoisotopic (exact) mass is 805 g/mol. The van der Waals surface area contributed by atoms with E-state index in [0.29, 0.717) is 19.3 Å². The summed E-state index contributed by atoms with van der Waals surface area (Å²) in [6, 6.07) is 0. The van der Waals surface area contributed by atoms with Gasteiger partial charge >= 0.3 is 17.9 Å². The topological polar surface area (TPSA) is 78.9 Å². The van der Waals surface area contributed by atoms with Crippen LogP contribution in [-0.4, -0.2) is 37.2 Å². The highest BCUT2D eigenvalue weighted by molar-refractivity contribution is 5.71. The zero-order valence-electron chi connectivity index (χ0n) is 38.4. The molecule has 0 unspecified atom stereocenters. The molecule has 0 aliphatic rings. The van der Waals surface area contributed by atoms with E-state index in [9.17, 15) is 14.4 Å². The highest BCUT2D eigenvalue weighted by Gasteiger charge is 2.19. The number of carbonyl (C=O) groups excluding carboxylic acids is 3. The molecule has 57 heavy (non-hydrogen) atoms. The Balaban J connectivity index is 4.33. The Hall–Kier alpha value is -1.85. The molecular formula is C51H96O6. The van der Waals surface area contributed by atoms with E-state index in [-0.39, 0.29) is 31.1 Å². The minimum atomic E-state index is -0.765. The summed E-state index contributed by atoms with van der Waals surface area (Å²) < 4.78 is 16.8. The van der Waals surface area contributed by atoms with E-state index in [1.807, 2.05) is 0 Å². The third-order valence-electron chi connectivity index (χ3n) is 11.3. The van der Waals surface area contributed by atoms with E-state index in [2.05, 4.69) is 32.9 Å². The van der Waals surface area contributed by atoms with Gasteiger partial charge in [0.2, 0.25) is 0 Å². The molecule has 0 aliphatic carbocycles. The van der Waals surface area contributed by atoms with Crippen molar-refractivity contribution in [1.29, 1.82) is 0 Å². The molecule has 0 N–H and O–H groups in total. The third kappa shape index (κ3) is 45.1. The Bertz CT molecular complexity index is 885. The molecule has 336 valence electrons. The molecule has 0 heterocycles. The molecule has 0 saturated heterocycles. The molecular weight excluding hydrogens is 709 g/mol. The fourth-order valence-electron chi connectivity index (χ4n) is 7.44. The molecule has 0 aromatic heterocycles. The van der Waals surface area contributed by atoms with Crippen LogP contribution in [0.2, 0.25) is 0 Å². The molecule has 0 rings (SSSR count). The Labute approximate surface area is 354 Å². The molecule has 0 fully saturated rings. The van der Waals surface area contributed by atoms with Gasteiger partial charge in [-0.25, -0.2) is 0 Å². The Morgan fingerprint density at radius 3 is 0.877 bits per heavy atom. The van der Waals surface area contributed by atoms with Crippen molar-refractivity contribution in [2.24, 2.45) is 0 Å². The first-order valence-corrected chi connectivity index (χ1v) is 25.2. The minimum absolute atomic E-state index is 0.0676. The van der Waals surface area contributed by atoms with Gasteiger partial charge in [-0.05, 0) is 44.9 Å². The number of hydrogen-bond donors (Lipinski definition) is 0. The number of hydrogen-bond acceptors (Lipinski definition) is 6. The van der Waals surface area contributed by atoms with E-state index in [1.54, 1.807) is 0 Å². The molecule has 1 atom stereocenters. The molecule has 0 spiro atoms. The Morgan fingerprint density at radius 2 is 0.579 bits per heavy atom. The van der Waals surface area contributed by atoms with Crippen LogP contribution in [-0.2, 0) is 28.6 Å². The summed E-state index contributed by atoms with van der Waals surface area (Å²) in [5.74, 6) is -0.863. The van der Waals surface area contributed by atoms with Gasteiger partial charge in [0.1, 0.15) is 13.2 Å². The number of ether oxygens (including phenoxy) is 3. The summed E-state index contributed by atoms with van der Waals surface area (Å²) in [6.07, 6.45) is 50.4. The van der Waals surface area contributed by atoms with Gasteiger partial charge in [-0.2, -0.15) is 0 Å². The summed E-state index contributed by atoms with van der Waals surface area (Å²) >= 11 is 0. The summed E-state index contributed by atoms with van der Waals surface area (Å²) in [4.78, 5) is 37.8. The van der Waals surface area contributed by atoms with Crippen LogP contribution in [0, 0.1) is 0 Å². The predicted molar refractivity (Wildman–Crippen MR) is 243 cm³/mol. The van der Waals surface area contributed by atoms with Gasteiger partial charge in [-0.1, -0.05) is 226 Å². The van der Waals surface area contributed by atoms with E-state index in [0.717, 1.165) is 64.2 Å². The van der Waals surface area contributed by atoms with Crippen molar-refractivity contribution in [1.82, 2.24) is 0 Å². The van der Waals surface area contributed by atoms with Crippen molar-refractivity contribution in [2.75, 3.05) is 13.2 Å². The second kappa shape index (κ2) is 46.8. The third-order valence-corrected chi connectivity index (χ3v) is 11.3. The molecule has 0 saturated carbocycles. The van der Waals surface area contributed by atoms with Crippen molar-refractivity contribution < 1.29 is 28.6 Å². The number of carbonyl (C=O) groups is 3. The lowest BCUT2D eigenvalue weighted by molar-refractivity contribution is -0.167. The number of rotatable bonds is 46. The quantitative estimate of drug-likeness (QED) is 0.0264. The summed E-state index contributed by atoms with van der Waals surface area (Å²) in [5.41, 5.74) is 0. The maximum absolute atomic E-state index is 12.8. The average molecular weight is 805 g/mol. The van der Waals surface area contributed by atoms with Crippen molar-refractivity contribution >= 4 is 17.9 Å². The Morgan fingerprint density at radius 1 is 0.333 bits per heavy atom. The highest BCUT2D eigenvalue weighted by Crippen LogP contribution is 2.16. The van der Waals surface area contributed by atoms with E-state index >= 15 is 0 Å². The number of esters is 3. The fourth-order valence-corrected chi connectivity index (χ4v) is 7.44. The zero-order valence-corrected chi connectivity index (χ0v) is 38.4. The normalized spacial score (nSPS) is 12.0. The molecule has 0 aromatic rings. The van der Waals surface area contributed by atoms with Gasteiger partial charge < -0.3 is 14.2 Å². The summed E-state index contributed by atoms with van der Waals surface area (Å²) in [6.45, 7) is 6.64. The zero-order chi connectivity index (χ0) is 41.5. The van der Waals surface area contributed by atoms with E-state index in [4.69, 9.17) is 14.2 Å². The van der Waals surface area contributed by atoms with Crippen LogP contribution in [0.3, 0.4) is 0 Å². The van der Waals surface area contributed by atoms with Gasteiger partial charge in [-0.3, -0.25) is 14.4 Å². The largest absolute Gasteiger partial charge is 0.462 e. The van der Waals surface area contributed by atoms with Crippen molar-refractivity contribution in [3.8, 4) is 0 Å². The first-order valence-electron chi connectivity index (χ1n) is 25.2. The van der Waals surface area contributed by atoms with Crippen LogP contribution in [0.15, 0.2) is 12.2 Å². The molecule has 0 amide bonds. The molecule has 6 heteroatoms. The van der Waals surface area contributed by atoms with Gasteiger partial charge in [-0.15, -0.1) is 0 Å². The minimum Gasteiger partial charge on any atom is -0.462 e. The fraction of sp³-hybridized carbons (Fsp3) is 0.902. The van der Waals surface area contributed by atoms with Gasteiger partial charge in [0, 0.05) is 19.3 Å². The van der Waals surface area contributed by atoms with Crippen LogP contribution >= 0.6 is 0 Å². The van der Waals surface area contributed by atoms with Crippen LogP contribution in [0.5, 0.6) is 0 Å². The van der Waals surface area contributed by atoms with Crippen LogP contribution in [0.1, 0.15) is 278 Å². The molecule has 6 nitrogen and oxygen atoms in total. The van der Waals surface area contributed by atoms with E-state index < -0.39 is 6.10 Å². The van der Waals surface area contributed by atoms with Crippen molar-refractivity contribution in [2.45, 2.75) is 284 Å². The lowest BCUT2D eigenvalue weighted by Gasteiger charge is -2.18. The predicted octanol–water partition coefficient (Wildman–Crippen LogP) is 16.2. The second-order valence-corrected chi connectivity index (χ2v) is 17.1. The standard InChI is InChI=1S/C51H96O6/c1-4-7-10-13-16-19-22-24-25-27-29-32-35-38-41-44-50(53)56-47-48(46-55-49(52)43-40-37-34-31-28-21-18-15-12-9-6-3)57-51(54)45-42-39-36-33-30-26-23-20-17-14-11-8-5-2/h24-25,48H,4-23,26-47H2,1-3H3/b25-24-/t48-/m1/s1. The molecule has 0 radical (unpaired) electrons. The number of unbranched alkanes of at least 4 members (excludes halogenated alkanes) is 33. The van der Waals surface area contributed by atoms with Crippen molar-refractivity contribution in [3.63, 3.8) is 0 Å². The maximum Gasteiger partial charge on any atom is 0.306 e. The summed E-state index contributed by atoms with van der Waals surface area (Å²) in [5, 5.41) is 0. The van der Waals surface area contributed by atoms with Crippen LogP contribution in [0.25, 0.3) is 0 Å². The van der Waals surface area contributed by atoms with Crippen LogP contribution in [0.4, 0.5) is 0 Å². The van der Waals surface area contributed by atoms with Gasteiger partial charge in [0.05, 0.1) is 0 Å². The molecule has 0 aromatic carbocycles. The van der Waals surface area contributed by atoms with Gasteiger partial charge in [0.15, 0.2) is 6.10 Å². The Kier molecular flexibility index (Phi) is 45.3. The van der Waals surface area contributed by atoms with Crippen LogP contribution < -0.4 is 0 Å². The average Bonchev–Trinajstić information content (AvgIpc) is 3.21. The maximum atomic E-state index is 12.8. The second-order valence-electron chi connectivity index (χ2n) is 17.1. The number of allylic oxidation sites excluding steroid dienone is 2.